The van der Waals surface area contributed by atoms with Gasteiger partial charge < -0.3 is 19.8 Å². The van der Waals surface area contributed by atoms with Crippen LogP contribution in [0, 0.1) is 0 Å². The molecule has 2 aromatic carbocycles. The van der Waals surface area contributed by atoms with Crippen molar-refractivity contribution in [3.8, 4) is 11.1 Å². The number of β-amino-alcohol motifs (C(OH)–C–C–N with tert-alkyl or cyclic N) is 1. The molecule has 2 aliphatic rings. The summed E-state index contributed by atoms with van der Waals surface area (Å²) in [6, 6.07) is 19.1. The number of hydrogen-bond donors (Lipinski definition) is 3. The number of anilines is 1. The average molecular weight is 473 g/mol. The Morgan fingerprint density at radius 3 is 2.31 bits per heavy atom. The van der Waals surface area contributed by atoms with Crippen LogP contribution in [0.3, 0.4) is 0 Å². The van der Waals surface area contributed by atoms with Gasteiger partial charge >= 0.3 is 12.1 Å². The lowest BCUT2D eigenvalue weighted by molar-refractivity contribution is -0.156. The van der Waals surface area contributed by atoms with Gasteiger partial charge in [-0.15, -0.1) is 0 Å². The zero-order valence-electron chi connectivity index (χ0n) is 18.7. The number of carboxylic acids is 1. The van der Waals surface area contributed by atoms with Gasteiger partial charge in [0.25, 0.3) is 5.91 Å². The van der Waals surface area contributed by atoms with Gasteiger partial charge in [0.15, 0.2) is 11.3 Å². The summed E-state index contributed by atoms with van der Waals surface area (Å²) in [4.78, 5) is 42.2. The van der Waals surface area contributed by atoms with E-state index in [1.807, 2.05) is 48.5 Å². The van der Waals surface area contributed by atoms with Crippen molar-refractivity contribution in [3.63, 3.8) is 0 Å². The summed E-state index contributed by atoms with van der Waals surface area (Å²) < 4.78 is 5.55. The number of carbonyl (C=O) groups excluding carboxylic acids is 2. The molecular weight excluding hydrogens is 450 g/mol. The molecule has 0 bridgehead atoms. The van der Waals surface area contributed by atoms with E-state index in [2.05, 4.69) is 10.3 Å². The van der Waals surface area contributed by atoms with Gasteiger partial charge in [-0.2, -0.15) is 0 Å². The number of likely N-dealkylation sites (tertiary alicyclic amines) is 1. The summed E-state index contributed by atoms with van der Waals surface area (Å²) >= 11 is 0. The van der Waals surface area contributed by atoms with Gasteiger partial charge in [-0.05, 0) is 34.4 Å². The van der Waals surface area contributed by atoms with Crippen LogP contribution in [0.25, 0.3) is 11.1 Å². The minimum absolute atomic E-state index is 0.0581. The summed E-state index contributed by atoms with van der Waals surface area (Å²) in [6.45, 7) is -0.189. The van der Waals surface area contributed by atoms with Crippen LogP contribution in [-0.2, 0) is 9.53 Å². The largest absolute Gasteiger partial charge is 0.479 e. The van der Waals surface area contributed by atoms with Gasteiger partial charge in [0, 0.05) is 25.1 Å². The number of nitrogens with one attached hydrogen (secondary N) is 1. The predicted octanol–water partition coefficient (Wildman–Crippen LogP) is 3.10. The molecule has 2 amide bonds. The predicted molar refractivity (Wildman–Crippen MR) is 126 cm³/mol. The first kappa shape index (κ1) is 22.5. The first-order chi connectivity index (χ1) is 16.9. The fourth-order valence-corrected chi connectivity index (χ4v) is 4.71. The molecule has 5 rings (SSSR count). The lowest BCUT2D eigenvalue weighted by Gasteiger charge is -2.20. The van der Waals surface area contributed by atoms with E-state index < -0.39 is 23.6 Å². The second-order valence-corrected chi connectivity index (χ2v) is 8.66. The van der Waals surface area contributed by atoms with Gasteiger partial charge in [0.1, 0.15) is 6.61 Å². The number of aliphatic hydroxyl groups is 1. The number of pyridine rings is 1. The van der Waals surface area contributed by atoms with Crippen LogP contribution in [0.1, 0.15) is 34.0 Å². The molecule has 35 heavy (non-hydrogen) atoms. The molecule has 178 valence electrons. The molecule has 1 aliphatic heterocycles. The maximum atomic E-state index is 13.0. The second kappa shape index (κ2) is 8.84. The molecule has 1 unspecified atom stereocenters. The number of aliphatic carboxylic acids is 1. The molecule has 0 radical (unpaired) electrons. The van der Waals surface area contributed by atoms with Crippen molar-refractivity contribution in [1.29, 1.82) is 0 Å². The molecule has 3 aromatic rings. The molecule has 9 nitrogen and oxygen atoms in total. The Balaban J connectivity index is 1.28. The average Bonchev–Trinajstić information content (AvgIpc) is 3.42. The Morgan fingerprint density at radius 1 is 1.03 bits per heavy atom. The monoisotopic (exact) mass is 473 g/mol. The van der Waals surface area contributed by atoms with Crippen molar-refractivity contribution in [2.75, 3.05) is 25.0 Å². The van der Waals surface area contributed by atoms with Crippen molar-refractivity contribution < 1.29 is 29.3 Å². The highest BCUT2D eigenvalue weighted by Gasteiger charge is 2.45. The first-order valence-corrected chi connectivity index (χ1v) is 11.2. The molecule has 3 N–H and O–H groups in total. The van der Waals surface area contributed by atoms with E-state index in [1.165, 1.54) is 17.2 Å². The molecule has 1 fully saturated rings. The first-order valence-electron chi connectivity index (χ1n) is 11.2. The smallest absolute Gasteiger partial charge is 0.411 e. The Bertz CT molecular complexity index is 1280. The number of rotatable bonds is 5. The third kappa shape index (κ3) is 4.10. The van der Waals surface area contributed by atoms with Crippen LogP contribution in [0.15, 0.2) is 66.9 Å². The zero-order valence-corrected chi connectivity index (χ0v) is 18.7. The number of fused-ring (bicyclic) bond motifs is 3. The van der Waals surface area contributed by atoms with E-state index in [0.29, 0.717) is 0 Å². The molecular formula is C26H23N3O6. The summed E-state index contributed by atoms with van der Waals surface area (Å²) in [6.07, 6.45) is 0.573. The maximum absolute atomic E-state index is 13.0. The van der Waals surface area contributed by atoms with E-state index in [9.17, 15) is 24.6 Å². The van der Waals surface area contributed by atoms with Crippen LogP contribution in [0.5, 0.6) is 0 Å². The number of amides is 2. The quantitative estimate of drug-likeness (QED) is 0.519. The maximum Gasteiger partial charge on any atom is 0.411 e. The molecule has 1 aliphatic carbocycles. The SMILES string of the molecule is O=C(Nc1cccnc1C(=O)N1CCC(O)(C(=O)O)C1)OCC1c2ccccc2-c2ccccc21. The fourth-order valence-electron chi connectivity index (χ4n) is 4.71. The molecule has 0 spiro atoms. The minimum atomic E-state index is -2.00. The lowest BCUT2D eigenvalue weighted by atomic mass is 9.98. The standard InChI is InChI=1S/C26H23N3O6/c30-23(29-13-11-26(34,15-29)24(31)32)22-21(10-5-12-27-22)28-25(33)35-14-20-18-8-3-1-6-16(18)17-7-2-4-9-19(17)20/h1-10,12,20,34H,11,13-15H2,(H,28,33)(H,31,32). The van der Waals surface area contributed by atoms with Crippen molar-refractivity contribution in [2.24, 2.45) is 0 Å². The van der Waals surface area contributed by atoms with E-state index in [-0.39, 0.29) is 43.4 Å². The highest BCUT2D eigenvalue weighted by atomic mass is 16.5. The van der Waals surface area contributed by atoms with Crippen molar-refractivity contribution in [2.45, 2.75) is 17.9 Å². The van der Waals surface area contributed by atoms with Crippen molar-refractivity contribution >= 4 is 23.7 Å². The highest BCUT2D eigenvalue weighted by Crippen LogP contribution is 2.44. The summed E-state index contributed by atoms with van der Waals surface area (Å²) in [7, 11) is 0. The molecule has 1 atom stereocenters. The minimum Gasteiger partial charge on any atom is -0.479 e. The van der Waals surface area contributed by atoms with E-state index in [4.69, 9.17) is 4.74 Å². The number of benzene rings is 2. The Morgan fingerprint density at radius 2 is 1.69 bits per heavy atom. The van der Waals surface area contributed by atoms with Crippen LogP contribution in [0.2, 0.25) is 0 Å². The van der Waals surface area contributed by atoms with Crippen LogP contribution in [0.4, 0.5) is 10.5 Å². The Kier molecular flexibility index (Phi) is 5.70. The molecule has 2 heterocycles. The molecule has 1 aromatic heterocycles. The fraction of sp³-hybridized carbons (Fsp3) is 0.231. The van der Waals surface area contributed by atoms with E-state index in [0.717, 1.165) is 22.3 Å². The van der Waals surface area contributed by atoms with Crippen LogP contribution < -0.4 is 5.32 Å². The number of ether oxygens (including phenoxy) is 1. The normalized spacial score (nSPS) is 18.6. The molecule has 9 heteroatoms. The van der Waals surface area contributed by atoms with E-state index in [1.54, 1.807) is 6.07 Å². The number of carbonyl (C=O) groups is 3. The van der Waals surface area contributed by atoms with E-state index >= 15 is 0 Å². The number of aromatic nitrogens is 1. The summed E-state index contributed by atoms with van der Waals surface area (Å²) in [5, 5.41) is 21.9. The number of nitrogens with zero attached hydrogens (tertiary/aromatic N) is 2. The van der Waals surface area contributed by atoms with Gasteiger partial charge in [0.2, 0.25) is 0 Å². The van der Waals surface area contributed by atoms with Gasteiger partial charge in [-0.1, -0.05) is 48.5 Å². The molecule has 1 saturated heterocycles. The number of hydrogen-bond acceptors (Lipinski definition) is 6. The summed E-state index contributed by atoms with van der Waals surface area (Å²) in [5.74, 6) is -2.08. The third-order valence-corrected chi connectivity index (χ3v) is 6.52. The van der Waals surface area contributed by atoms with Gasteiger partial charge in [0.05, 0.1) is 12.2 Å². The number of carboxylic acid groups (broad SMARTS) is 1. The Hall–Kier alpha value is -4.24. The van der Waals surface area contributed by atoms with Gasteiger partial charge in [-0.3, -0.25) is 10.1 Å². The van der Waals surface area contributed by atoms with Gasteiger partial charge in [-0.25, -0.2) is 14.6 Å². The Labute approximate surface area is 201 Å². The van der Waals surface area contributed by atoms with Crippen molar-refractivity contribution in [3.05, 3.63) is 83.7 Å². The highest BCUT2D eigenvalue weighted by molar-refractivity contribution is 6.01. The topological polar surface area (TPSA) is 129 Å². The van der Waals surface area contributed by atoms with Crippen LogP contribution in [-0.4, -0.2) is 63.4 Å². The third-order valence-electron chi connectivity index (χ3n) is 6.52. The lowest BCUT2D eigenvalue weighted by Crippen LogP contribution is -2.42. The summed E-state index contributed by atoms with van der Waals surface area (Å²) in [5.41, 5.74) is 2.48. The van der Waals surface area contributed by atoms with Crippen molar-refractivity contribution in [1.82, 2.24) is 9.88 Å². The second-order valence-electron chi connectivity index (χ2n) is 8.66. The molecule has 0 saturated carbocycles. The van der Waals surface area contributed by atoms with Crippen LogP contribution >= 0.6 is 0 Å². The zero-order chi connectivity index (χ0) is 24.6.